The zero-order valence-corrected chi connectivity index (χ0v) is 70.8. The second-order valence-electron chi connectivity index (χ2n) is 31.6. The second-order valence-corrected chi connectivity index (χ2v) is 34.6. The number of unbranched alkanes of at least 4 members (excludes halogenated alkanes) is 54. The third-order valence-electron chi connectivity index (χ3n) is 20.6. The van der Waals surface area contributed by atoms with Crippen molar-refractivity contribution in [3.8, 4) is 0 Å². The Hall–Kier alpha value is -1.94. The predicted molar refractivity (Wildman–Crippen MR) is 432 cm³/mol. The van der Waals surface area contributed by atoms with Crippen molar-refractivity contribution in [2.24, 2.45) is 11.8 Å². The molecular weight excluding hydrogens is 1370 g/mol. The maximum atomic E-state index is 13.1. The lowest BCUT2D eigenvalue weighted by molar-refractivity contribution is -0.161. The Kier molecular flexibility index (Phi) is 76.0. The number of carbonyl (C=O) groups is 4. The lowest BCUT2D eigenvalue weighted by Crippen LogP contribution is -2.30. The van der Waals surface area contributed by atoms with E-state index in [9.17, 15) is 43.2 Å². The molecular formula is C86H168O17P2. The first-order valence-electron chi connectivity index (χ1n) is 44.5. The second kappa shape index (κ2) is 77.4. The fourth-order valence-corrected chi connectivity index (χ4v) is 15.0. The molecule has 0 bridgehead atoms. The van der Waals surface area contributed by atoms with Crippen LogP contribution in [0.2, 0.25) is 0 Å². The highest BCUT2D eigenvalue weighted by molar-refractivity contribution is 7.47. The van der Waals surface area contributed by atoms with Crippen molar-refractivity contribution >= 4 is 39.5 Å². The first-order valence-corrected chi connectivity index (χ1v) is 47.5. The normalized spacial score (nSPS) is 14.1. The van der Waals surface area contributed by atoms with E-state index in [4.69, 9.17) is 37.0 Å². The average Bonchev–Trinajstić information content (AvgIpc) is 0.904. The van der Waals surface area contributed by atoms with Crippen molar-refractivity contribution < 1.29 is 80.2 Å². The highest BCUT2D eigenvalue weighted by Gasteiger charge is 2.30. The van der Waals surface area contributed by atoms with Crippen LogP contribution in [0, 0.1) is 11.8 Å². The van der Waals surface area contributed by atoms with Crippen LogP contribution in [0.5, 0.6) is 0 Å². The third-order valence-corrected chi connectivity index (χ3v) is 22.5. The van der Waals surface area contributed by atoms with Gasteiger partial charge in [0.2, 0.25) is 0 Å². The Morgan fingerprint density at radius 3 is 0.724 bits per heavy atom. The van der Waals surface area contributed by atoms with Crippen molar-refractivity contribution in [1.29, 1.82) is 0 Å². The number of aliphatic hydroxyl groups excluding tert-OH is 1. The molecule has 0 saturated carbocycles. The monoisotopic (exact) mass is 1540 g/mol. The van der Waals surface area contributed by atoms with Gasteiger partial charge in [0.15, 0.2) is 12.2 Å². The van der Waals surface area contributed by atoms with Gasteiger partial charge in [-0.15, -0.1) is 0 Å². The van der Waals surface area contributed by atoms with Gasteiger partial charge in [-0.25, -0.2) is 9.13 Å². The molecule has 0 fully saturated rings. The standard InChI is InChI=1S/C86H168O17P2/c1-7-10-12-14-16-18-20-22-23-26-30-33-39-45-51-57-63-69-84(89)97-75-81(102-85(90)70-64-58-52-46-40-34-31-28-25-24-27-29-32-37-43-49-55-61-67-79(6)9-3)76-100-104(92,93)98-72-80(87)73-99-105(94,95)101-77-82(74-96-83(88)68-62-56-50-44-38-21-19-17-15-13-11-8-2)103-86(91)71-65-59-53-47-41-35-36-42-48-54-60-66-78(4)5/h78-82,87H,7-77H2,1-6H3,(H,92,93)(H,94,95)/t79?,80-,81-,82-/m1/s1. The maximum Gasteiger partial charge on any atom is 0.472 e. The van der Waals surface area contributed by atoms with Crippen LogP contribution >= 0.6 is 15.6 Å². The molecule has 19 heteroatoms. The predicted octanol–water partition coefficient (Wildman–Crippen LogP) is 26.2. The summed E-state index contributed by atoms with van der Waals surface area (Å²) in [4.78, 5) is 73.2. The summed E-state index contributed by atoms with van der Waals surface area (Å²) in [7, 11) is -9.93. The molecule has 17 nitrogen and oxygen atoms in total. The molecule has 0 saturated heterocycles. The molecule has 0 aliphatic carbocycles. The molecule has 0 heterocycles. The summed E-state index contributed by atoms with van der Waals surface area (Å²) in [5, 5.41) is 10.7. The third kappa shape index (κ3) is 78.5. The number of hydrogen-bond acceptors (Lipinski definition) is 15. The summed E-state index contributed by atoms with van der Waals surface area (Å²) < 4.78 is 68.9. The molecule has 0 aliphatic heterocycles. The minimum absolute atomic E-state index is 0.107. The van der Waals surface area contributed by atoms with Gasteiger partial charge in [0.25, 0.3) is 0 Å². The van der Waals surface area contributed by atoms with E-state index in [2.05, 4.69) is 41.5 Å². The van der Waals surface area contributed by atoms with E-state index in [-0.39, 0.29) is 25.7 Å². The molecule has 0 aromatic carbocycles. The minimum atomic E-state index is -4.97. The minimum Gasteiger partial charge on any atom is -0.462 e. The first kappa shape index (κ1) is 103. The molecule has 0 aliphatic rings. The highest BCUT2D eigenvalue weighted by atomic mass is 31.2. The molecule has 0 spiro atoms. The SMILES string of the molecule is CCCCCCCCCCCCCCCCCCCC(=O)OC[C@H](COP(=O)(O)OC[C@@H](O)COP(=O)(O)OC[C@@H](COC(=O)CCCCCCCCCCCCCC)OC(=O)CCCCCCCCCCCCCC(C)C)OC(=O)CCCCCCCCCCCCCCCCCCCCC(C)CC. The first-order chi connectivity index (χ1) is 50.9. The van der Waals surface area contributed by atoms with Gasteiger partial charge < -0.3 is 33.8 Å². The van der Waals surface area contributed by atoms with E-state index in [1.165, 1.54) is 276 Å². The van der Waals surface area contributed by atoms with Crippen LogP contribution in [0.15, 0.2) is 0 Å². The summed E-state index contributed by atoms with van der Waals surface area (Å²) >= 11 is 0. The summed E-state index contributed by atoms with van der Waals surface area (Å²) in [5.41, 5.74) is 0. The van der Waals surface area contributed by atoms with Crippen LogP contribution in [0.25, 0.3) is 0 Å². The Balaban J connectivity index is 5.24. The molecule has 0 radical (unpaired) electrons. The molecule has 0 aromatic heterocycles. The zero-order valence-electron chi connectivity index (χ0n) is 69.0. The van der Waals surface area contributed by atoms with Crippen molar-refractivity contribution in [3.05, 3.63) is 0 Å². The smallest absolute Gasteiger partial charge is 0.462 e. The van der Waals surface area contributed by atoms with E-state index in [1.54, 1.807) is 0 Å². The van der Waals surface area contributed by atoms with Gasteiger partial charge in [-0.2, -0.15) is 0 Å². The Labute approximate surface area is 645 Å². The lowest BCUT2D eigenvalue weighted by atomic mass is 9.99. The number of ether oxygens (including phenoxy) is 4. The largest absolute Gasteiger partial charge is 0.472 e. The summed E-state index contributed by atoms with van der Waals surface area (Å²) in [5.74, 6) is -0.464. The van der Waals surface area contributed by atoms with Gasteiger partial charge in [0.1, 0.15) is 19.3 Å². The Bertz CT molecular complexity index is 2010. The molecule has 624 valence electrons. The average molecular weight is 1540 g/mol. The van der Waals surface area contributed by atoms with E-state index in [0.29, 0.717) is 25.7 Å². The van der Waals surface area contributed by atoms with Crippen LogP contribution in [0.1, 0.15) is 459 Å². The van der Waals surface area contributed by atoms with E-state index in [1.807, 2.05) is 0 Å². The molecule has 0 amide bonds. The van der Waals surface area contributed by atoms with E-state index < -0.39 is 97.5 Å². The quantitative estimate of drug-likeness (QED) is 0.0222. The number of rotatable bonds is 85. The van der Waals surface area contributed by atoms with Gasteiger partial charge in [0, 0.05) is 25.7 Å². The summed E-state index contributed by atoms with van der Waals surface area (Å²) in [6.45, 7) is 9.74. The van der Waals surface area contributed by atoms with Crippen molar-refractivity contribution in [2.75, 3.05) is 39.6 Å². The van der Waals surface area contributed by atoms with Crippen LogP contribution in [-0.4, -0.2) is 96.7 Å². The number of phosphoric acid groups is 2. The molecule has 0 rings (SSSR count). The van der Waals surface area contributed by atoms with Gasteiger partial charge in [-0.1, -0.05) is 408 Å². The lowest BCUT2D eigenvalue weighted by Gasteiger charge is -2.21. The van der Waals surface area contributed by atoms with Crippen molar-refractivity contribution in [3.63, 3.8) is 0 Å². The zero-order chi connectivity index (χ0) is 77.1. The van der Waals surface area contributed by atoms with E-state index >= 15 is 0 Å². The summed E-state index contributed by atoms with van der Waals surface area (Å²) in [6.07, 6.45) is 69.3. The van der Waals surface area contributed by atoms with Gasteiger partial charge in [0.05, 0.1) is 26.4 Å². The fraction of sp³-hybridized carbons (Fsp3) is 0.953. The van der Waals surface area contributed by atoms with Crippen LogP contribution < -0.4 is 0 Å². The number of aliphatic hydroxyl groups is 1. The van der Waals surface area contributed by atoms with Crippen molar-refractivity contribution in [2.45, 2.75) is 477 Å². The van der Waals surface area contributed by atoms with Crippen LogP contribution in [0.4, 0.5) is 0 Å². The molecule has 3 unspecified atom stereocenters. The molecule has 6 atom stereocenters. The van der Waals surface area contributed by atoms with Gasteiger partial charge in [-0.3, -0.25) is 37.3 Å². The maximum absolute atomic E-state index is 13.1. The van der Waals surface area contributed by atoms with Gasteiger partial charge in [-0.05, 0) is 37.5 Å². The van der Waals surface area contributed by atoms with Crippen molar-refractivity contribution in [1.82, 2.24) is 0 Å². The number of phosphoric ester groups is 2. The Morgan fingerprint density at radius 2 is 0.486 bits per heavy atom. The highest BCUT2D eigenvalue weighted by Crippen LogP contribution is 2.45. The summed E-state index contributed by atoms with van der Waals surface area (Å²) in [6, 6.07) is 0. The Morgan fingerprint density at radius 1 is 0.276 bits per heavy atom. The number of carbonyl (C=O) groups excluding carboxylic acids is 4. The van der Waals surface area contributed by atoms with Crippen LogP contribution in [0.3, 0.4) is 0 Å². The molecule has 3 N–H and O–H groups in total. The number of esters is 4. The molecule has 105 heavy (non-hydrogen) atoms. The molecule has 0 aromatic rings. The van der Waals surface area contributed by atoms with Gasteiger partial charge >= 0.3 is 39.5 Å². The topological polar surface area (TPSA) is 237 Å². The van der Waals surface area contributed by atoms with E-state index in [0.717, 1.165) is 102 Å². The fourth-order valence-electron chi connectivity index (χ4n) is 13.4. The number of hydrogen-bond donors (Lipinski definition) is 3. The van der Waals surface area contributed by atoms with Crippen LogP contribution in [-0.2, 0) is 65.4 Å².